The van der Waals surface area contributed by atoms with Crippen LogP contribution in [0.5, 0.6) is 5.75 Å². The highest BCUT2D eigenvalue weighted by Crippen LogP contribution is 2.22. The molecule has 0 radical (unpaired) electrons. The van der Waals surface area contributed by atoms with Gasteiger partial charge in [-0.1, -0.05) is 24.6 Å². The number of fused-ring (bicyclic) bond motifs is 1. The summed E-state index contributed by atoms with van der Waals surface area (Å²) in [5.41, 5.74) is 0.900. The lowest BCUT2D eigenvalue weighted by atomic mass is 10.2. The highest BCUT2D eigenvalue weighted by atomic mass is 32.1. The minimum Gasteiger partial charge on any atom is -0.494 e. The van der Waals surface area contributed by atoms with Crippen molar-refractivity contribution in [2.75, 3.05) is 6.61 Å². The number of ether oxygens (including phenoxy) is 1. The fourth-order valence-corrected chi connectivity index (χ4v) is 3.69. The van der Waals surface area contributed by atoms with Gasteiger partial charge in [-0.2, -0.15) is 0 Å². The summed E-state index contributed by atoms with van der Waals surface area (Å²) < 4.78 is 7.27. The van der Waals surface area contributed by atoms with Crippen molar-refractivity contribution in [1.82, 2.24) is 9.55 Å². The van der Waals surface area contributed by atoms with Gasteiger partial charge in [0.15, 0.2) is 0 Å². The van der Waals surface area contributed by atoms with Crippen LogP contribution in [0.25, 0.3) is 10.2 Å². The van der Waals surface area contributed by atoms with E-state index in [2.05, 4.69) is 4.98 Å². The Morgan fingerprint density at radius 3 is 2.69 bits per heavy atom. The summed E-state index contributed by atoms with van der Waals surface area (Å²) >= 11 is 1.19. The van der Waals surface area contributed by atoms with Crippen LogP contribution < -0.4 is 10.3 Å². The smallest absolute Gasteiger partial charge is 0.337 e. The van der Waals surface area contributed by atoms with Gasteiger partial charge in [0.05, 0.1) is 17.6 Å². The van der Waals surface area contributed by atoms with Gasteiger partial charge in [-0.05, 0) is 25.5 Å². The highest BCUT2D eigenvalue weighted by molar-refractivity contribution is 7.17. The molecule has 0 aliphatic heterocycles. The van der Waals surface area contributed by atoms with Crippen LogP contribution in [0, 0.1) is 6.92 Å². The number of carboxylic acids is 1. The summed E-state index contributed by atoms with van der Waals surface area (Å²) in [6, 6.07) is 7.79. The molecule has 0 aliphatic carbocycles. The molecule has 2 heterocycles. The van der Waals surface area contributed by atoms with Crippen LogP contribution in [-0.2, 0) is 13.0 Å². The lowest BCUT2D eigenvalue weighted by Crippen LogP contribution is -2.26. The molecule has 0 saturated carbocycles. The van der Waals surface area contributed by atoms with Crippen molar-refractivity contribution in [3.05, 3.63) is 57.0 Å². The quantitative estimate of drug-likeness (QED) is 0.642. The van der Waals surface area contributed by atoms with E-state index < -0.39 is 5.97 Å². The molecule has 3 aromatic rings. The van der Waals surface area contributed by atoms with Crippen molar-refractivity contribution in [3.8, 4) is 5.75 Å². The Morgan fingerprint density at radius 1 is 1.31 bits per heavy atom. The highest BCUT2D eigenvalue weighted by Gasteiger charge is 2.18. The Labute approximate surface area is 154 Å². The molecule has 0 amide bonds. The predicted octanol–water partition coefficient (Wildman–Crippen LogP) is 3.50. The maximum Gasteiger partial charge on any atom is 0.337 e. The molecule has 2 aromatic heterocycles. The van der Waals surface area contributed by atoms with E-state index in [1.165, 1.54) is 22.3 Å². The molecule has 0 fully saturated rings. The van der Waals surface area contributed by atoms with Crippen LogP contribution in [0.4, 0.5) is 0 Å². The number of aromatic nitrogens is 2. The van der Waals surface area contributed by atoms with Crippen LogP contribution in [0.3, 0.4) is 0 Å². The van der Waals surface area contributed by atoms with E-state index in [9.17, 15) is 14.7 Å². The fourth-order valence-electron chi connectivity index (χ4n) is 2.77. The molecule has 6 nitrogen and oxygen atoms in total. The average molecular weight is 372 g/mol. The SMILES string of the molecule is CCc1nc2scc(C(=O)O)c2c(=O)n1CCCOc1ccc(C)cc1. The number of rotatable bonds is 7. The number of hydrogen-bond donors (Lipinski definition) is 1. The van der Waals surface area contributed by atoms with Gasteiger partial charge in [-0.25, -0.2) is 9.78 Å². The van der Waals surface area contributed by atoms with Gasteiger partial charge in [0, 0.05) is 18.3 Å². The number of aromatic carboxylic acids is 1. The van der Waals surface area contributed by atoms with Crippen LogP contribution in [-0.4, -0.2) is 27.2 Å². The van der Waals surface area contributed by atoms with E-state index in [1.54, 1.807) is 4.57 Å². The van der Waals surface area contributed by atoms with Crippen molar-refractivity contribution in [2.24, 2.45) is 0 Å². The summed E-state index contributed by atoms with van der Waals surface area (Å²) in [5.74, 6) is 0.350. The second kappa shape index (κ2) is 7.70. The zero-order valence-corrected chi connectivity index (χ0v) is 15.5. The van der Waals surface area contributed by atoms with Gasteiger partial charge in [-0.3, -0.25) is 9.36 Å². The normalized spacial score (nSPS) is 11.0. The molecule has 1 N–H and O–H groups in total. The van der Waals surface area contributed by atoms with Crippen molar-refractivity contribution in [2.45, 2.75) is 33.2 Å². The van der Waals surface area contributed by atoms with E-state index in [0.717, 1.165) is 5.75 Å². The fraction of sp³-hybridized carbons (Fsp3) is 0.316. The number of carbonyl (C=O) groups is 1. The minimum absolute atomic E-state index is 0.0230. The van der Waals surface area contributed by atoms with E-state index in [1.807, 2.05) is 38.1 Å². The van der Waals surface area contributed by atoms with Crippen molar-refractivity contribution < 1.29 is 14.6 Å². The van der Waals surface area contributed by atoms with Gasteiger partial charge < -0.3 is 9.84 Å². The zero-order chi connectivity index (χ0) is 18.7. The summed E-state index contributed by atoms with van der Waals surface area (Å²) in [4.78, 5) is 29.1. The summed E-state index contributed by atoms with van der Waals surface area (Å²) in [5, 5.41) is 11.0. The van der Waals surface area contributed by atoms with Gasteiger partial charge >= 0.3 is 5.97 Å². The minimum atomic E-state index is -1.10. The number of carboxylic acid groups (broad SMARTS) is 1. The standard InChI is InChI=1S/C19H20N2O4S/c1-3-15-20-17-16(14(11-26-17)19(23)24)18(22)21(15)9-4-10-25-13-7-5-12(2)6-8-13/h5-8,11H,3-4,9-10H2,1-2H3,(H,23,24). The zero-order valence-electron chi connectivity index (χ0n) is 14.7. The summed E-state index contributed by atoms with van der Waals surface area (Å²) in [6.07, 6.45) is 1.23. The van der Waals surface area contributed by atoms with E-state index in [-0.39, 0.29) is 16.5 Å². The molecule has 0 spiro atoms. The van der Waals surface area contributed by atoms with E-state index >= 15 is 0 Å². The summed E-state index contributed by atoms with van der Waals surface area (Å²) in [6.45, 7) is 4.85. The summed E-state index contributed by atoms with van der Waals surface area (Å²) in [7, 11) is 0. The van der Waals surface area contributed by atoms with Crippen molar-refractivity contribution in [3.63, 3.8) is 0 Å². The van der Waals surface area contributed by atoms with Gasteiger partial charge in [0.25, 0.3) is 5.56 Å². The van der Waals surface area contributed by atoms with Crippen LogP contribution in [0.15, 0.2) is 34.4 Å². The lowest BCUT2D eigenvalue weighted by Gasteiger charge is -2.12. The first-order valence-electron chi connectivity index (χ1n) is 8.45. The Morgan fingerprint density at radius 2 is 2.04 bits per heavy atom. The topological polar surface area (TPSA) is 81.4 Å². The Balaban J connectivity index is 1.79. The largest absolute Gasteiger partial charge is 0.494 e. The first-order chi connectivity index (χ1) is 12.5. The third kappa shape index (κ3) is 3.62. The van der Waals surface area contributed by atoms with Gasteiger partial charge in [0.1, 0.15) is 16.4 Å². The number of aryl methyl sites for hydroxylation is 2. The van der Waals surface area contributed by atoms with Crippen LogP contribution in [0.1, 0.15) is 35.1 Å². The number of nitrogens with zero attached hydrogens (tertiary/aromatic N) is 2. The van der Waals surface area contributed by atoms with Crippen molar-refractivity contribution in [1.29, 1.82) is 0 Å². The molecule has 26 heavy (non-hydrogen) atoms. The Kier molecular flexibility index (Phi) is 5.37. The molecule has 7 heteroatoms. The van der Waals surface area contributed by atoms with E-state index in [4.69, 9.17) is 4.74 Å². The molecule has 0 bridgehead atoms. The molecule has 0 aliphatic rings. The van der Waals surface area contributed by atoms with Crippen LogP contribution >= 0.6 is 11.3 Å². The lowest BCUT2D eigenvalue weighted by molar-refractivity contribution is 0.0699. The average Bonchev–Trinajstić information content (AvgIpc) is 3.06. The van der Waals surface area contributed by atoms with Crippen molar-refractivity contribution >= 4 is 27.5 Å². The molecular formula is C19H20N2O4S. The van der Waals surface area contributed by atoms with Gasteiger partial charge in [0.2, 0.25) is 0 Å². The maximum absolute atomic E-state index is 12.8. The molecule has 3 rings (SSSR count). The number of hydrogen-bond acceptors (Lipinski definition) is 5. The second-order valence-electron chi connectivity index (χ2n) is 5.99. The van der Waals surface area contributed by atoms with E-state index in [0.29, 0.717) is 36.6 Å². The molecule has 0 unspecified atom stereocenters. The molecular weight excluding hydrogens is 352 g/mol. The second-order valence-corrected chi connectivity index (χ2v) is 6.85. The molecule has 1 aromatic carbocycles. The molecule has 136 valence electrons. The maximum atomic E-state index is 12.8. The molecule has 0 atom stereocenters. The van der Waals surface area contributed by atoms with Crippen LogP contribution in [0.2, 0.25) is 0 Å². The first kappa shape index (κ1) is 18.1. The third-order valence-corrected chi connectivity index (χ3v) is 5.01. The van der Waals surface area contributed by atoms with Gasteiger partial charge in [-0.15, -0.1) is 11.3 Å². The molecule has 0 saturated heterocycles. The predicted molar refractivity (Wildman–Crippen MR) is 102 cm³/mol. The third-order valence-electron chi connectivity index (χ3n) is 4.14. The monoisotopic (exact) mass is 372 g/mol. The Hall–Kier alpha value is -2.67. The number of thiophene rings is 1. The number of benzene rings is 1. The Bertz CT molecular complexity index is 989. The first-order valence-corrected chi connectivity index (χ1v) is 9.33.